The van der Waals surface area contributed by atoms with Crippen molar-refractivity contribution in [2.24, 2.45) is 0 Å². The minimum Gasteiger partial charge on any atom is -0.326 e. The first kappa shape index (κ1) is 7.29. The quantitative estimate of drug-likeness (QED) is 0.678. The van der Waals surface area contributed by atoms with Gasteiger partial charge < -0.3 is 9.64 Å². The molecule has 3 fully saturated rings. The number of hydrogen-bond acceptors (Lipinski definition) is 4. The van der Waals surface area contributed by atoms with E-state index < -0.39 is 0 Å². The van der Waals surface area contributed by atoms with Crippen molar-refractivity contribution in [1.29, 1.82) is 0 Å². The second kappa shape index (κ2) is 2.68. The van der Waals surface area contributed by atoms with E-state index in [9.17, 15) is 0 Å². The summed E-state index contributed by atoms with van der Waals surface area (Å²) in [5.41, 5.74) is 0. The summed E-state index contributed by atoms with van der Waals surface area (Å²) in [6.07, 6.45) is 3.17. The zero-order valence-electron chi connectivity index (χ0n) is 7.18. The zero-order chi connectivity index (χ0) is 8.67. The first-order valence-electron chi connectivity index (χ1n) is 4.53. The van der Waals surface area contributed by atoms with Crippen molar-refractivity contribution in [3.05, 3.63) is 24.4 Å². The molecule has 3 aliphatic rings. The molecule has 4 heteroatoms. The fraction of sp³-hybridized carbons (Fsp3) is 0.444. The topological polar surface area (TPSA) is 37.4 Å². The average Bonchev–Trinajstić information content (AvgIpc) is 2.18. The van der Waals surface area contributed by atoms with E-state index in [1.165, 1.54) is 0 Å². The Morgan fingerprint density at radius 2 is 2.46 bits per heavy atom. The first-order valence-corrected chi connectivity index (χ1v) is 4.53. The largest absolute Gasteiger partial charge is 0.326 e. The number of ether oxygens (including phenoxy) is 1. The molecular formula is C9H11N3O. The Kier molecular flexibility index (Phi) is 1.50. The van der Waals surface area contributed by atoms with Gasteiger partial charge in [0, 0.05) is 19.2 Å². The molecule has 0 aromatic carbocycles. The summed E-state index contributed by atoms with van der Waals surface area (Å²) in [4.78, 5) is 6.42. The lowest BCUT2D eigenvalue weighted by Crippen LogP contribution is -2.69. The predicted molar refractivity (Wildman–Crippen MR) is 48.0 cm³/mol. The number of nitrogens with one attached hydrogen (secondary N) is 1. The van der Waals surface area contributed by atoms with Crippen molar-refractivity contribution in [2.75, 3.05) is 11.4 Å². The molecule has 2 atom stereocenters. The molecule has 4 nitrogen and oxygen atoms in total. The highest BCUT2D eigenvalue weighted by Gasteiger charge is 2.39. The maximum atomic E-state index is 5.52. The van der Waals surface area contributed by atoms with Crippen LogP contribution in [0, 0.1) is 0 Å². The summed E-state index contributed by atoms with van der Waals surface area (Å²) >= 11 is 0. The third-order valence-corrected chi connectivity index (χ3v) is 2.48. The van der Waals surface area contributed by atoms with Crippen LogP contribution in [0.1, 0.15) is 6.42 Å². The molecule has 3 aliphatic heterocycles. The second-order valence-corrected chi connectivity index (χ2v) is 3.31. The molecule has 0 amide bonds. The van der Waals surface area contributed by atoms with E-state index in [0.717, 1.165) is 18.8 Å². The fourth-order valence-corrected chi connectivity index (χ4v) is 1.77. The van der Waals surface area contributed by atoms with Gasteiger partial charge in [-0.15, -0.1) is 0 Å². The molecule has 0 spiro atoms. The van der Waals surface area contributed by atoms with Crippen molar-refractivity contribution in [3.63, 3.8) is 0 Å². The van der Waals surface area contributed by atoms with Crippen LogP contribution in [0.3, 0.4) is 0 Å². The van der Waals surface area contributed by atoms with E-state index in [1.54, 1.807) is 6.20 Å². The lowest BCUT2D eigenvalue weighted by molar-refractivity contribution is -0.183. The maximum Gasteiger partial charge on any atom is 0.191 e. The highest BCUT2D eigenvalue weighted by molar-refractivity contribution is 5.39. The third-order valence-electron chi connectivity index (χ3n) is 2.48. The lowest BCUT2D eigenvalue weighted by atomic mass is 10.2. The van der Waals surface area contributed by atoms with Crippen molar-refractivity contribution in [1.82, 2.24) is 10.3 Å². The molecule has 0 aliphatic carbocycles. The van der Waals surface area contributed by atoms with Crippen molar-refractivity contribution < 1.29 is 4.74 Å². The summed E-state index contributed by atoms with van der Waals surface area (Å²) < 4.78 is 5.52. The van der Waals surface area contributed by atoms with Crippen LogP contribution < -0.4 is 10.2 Å². The van der Waals surface area contributed by atoms with Gasteiger partial charge in [-0.1, -0.05) is 6.07 Å². The third kappa shape index (κ3) is 1.10. The van der Waals surface area contributed by atoms with E-state index in [4.69, 9.17) is 4.74 Å². The molecule has 1 aromatic heterocycles. The normalized spacial score (nSPS) is 31.2. The molecule has 4 rings (SSSR count). The highest BCUT2D eigenvalue weighted by Crippen LogP contribution is 2.26. The highest BCUT2D eigenvalue weighted by atomic mass is 16.6. The van der Waals surface area contributed by atoms with Gasteiger partial charge in [0.05, 0.1) is 0 Å². The average molecular weight is 177 g/mol. The number of pyridine rings is 1. The summed E-state index contributed by atoms with van der Waals surface area (Å²) in [5.74, 6) is 0.984. The Bertz CT molecular complexity index is 294. The number of rotatable bonds is 1. The van der Waals surface area contributed by atoms with Crippen molar-refractivity contribution >= 4 is 5.82 Å². The monoisotopic (exact) mass is 177 g/mol. The van der Waals surface area contributed by atoms with Gasteiger partial charge in [-0.25, -0.2) is 10.3 Å². The van der Waals surface area contributed by atoms with E-state index >= 15 is 0 Å². The number of nitrogens with zero attached hydrogens (tertiary/aromatic N) is 2. The summed E-state index contributed by atoms with van der Waals surface area (Å²) in [7, 11) is 0. The Labute approximate surface area is 76.5 Å². The molecule has 0 saturated carbocycles. The van der Waals surface area contributed by atoms with Crippen LogP contribution >= 0.6 is 0 Å². The van der Waals surface area contributed by atoms with Gasteiger partial charge in [0.2, 0.25) is 0 Å². The van der Waals surface area contributed by atoms with E-state index in [2.05, 4.69) is 15.2 Å². The number of hydrogen-bond donors (Lipinski definition) is 1. The standard InChI is InChI=1S/C9H11N3O/c1-2-5-10-7(3-1)12-6-4-8-11-9(12)13-8/h1-3,5,8-9,11H,4,6H2. The van der Waals surface area contributed by atoms with E-state index in [-0.39, 0.29) is 12.6 Å². The van der Waals surface area contributed by atoms with Crippen molar-refractivity contribution in [3.8, 4) is 0 Å². The molecule has 2 bridgehead atoms. The van der Waals surface area contributed by atoms with Gasteiger partial charge in [-0.05, 0) is 12.1 Å². The Morgan fingerprint density at radius 3 is 3.08 bits per heavy atom. The van der Waals surface area contributed by atoms with Crippen LogP contribution in [-0.2, 0) is 4.74 Å². The molecule has 4 heterocycles. The van der Waals surface area contributed by atoms with Gasteiger partial charge >= 0.3 is 0 Å². The first-order chi connectivity index (χ1) is 6.43. The van der Waals surface area contributed by atoms with Gasteiger partial charge in [-0.3, -0.25) is 0 Å². The summed E-state index contributed by atoms with van der Waals surface area (Å²) in [6, 6.07) is 5.92. The van der Waals surface area contributed by atoms with Gasteiger partial charge in [0.25, 0.3) is 0 Å². The number of aromatic nitrogens is 1. The molecule has 0 radical (unpaired) electrons. The van der Waals surface area contributed by atoms with Crippen LogP contribution in [0.5, 0.6) is 0 Å². The summed E-state index contributed by atoms with van der Waals surface area (Å²) in [6.45, 7) is 1.03. The Balaban J connectivity index is 1.85. The molecule has 13 heavy (non-hydrogen) atoms. The van der Waals surface area contributed by atoms with Crippen LogP contribution in [0.15, 0.2) is 24.4 Å². The number of anilines is 1. The summed E-state index contributed by atoms with van der Waals surface area (Å²) in [5, 5.41) is 3.29. The Morgan fingerprint density at radius 1 is 1.54 bits per heavy atom. The number of fused-ring (bicyclic) bond motifs is 2. The minimum atomic E-state index is 0.0497. The lowest BCUT2D eigenvalue weighted by Gasteiger charge is -2.49. The smallest absolute Gasteiger partial charge is 0.191 e. The molecule has 3 saturated heterocycles. The van der Waals surface area contributed by atoms with Crippen LogP contribution in [-0.4, -0.2) is 24.1 Å². The molecular weight excluding hydrogens is 166 g/mol. The van der Waals surface area contributed by atoms with Crippen molar-refractivity contribution in [2.45, 2.75) is 19.0 Å². The SMILES string of the molecule is c1ccc(N2CCC3NC2O3)nc1. The van der Waals surface area contributed by atoms with E-state index in [0.29, 0.717) is 0 Å². The maximum absolute atomic E-state index is 5.52. The zero-order valence-corrected chi connectivity index (χ0v) is 7.18. The predicted octanol–water partition coefficient (Wildman–Crippen LogP) is 0.521. The van der Waals surface area contributed by atoms with E-state index in [1.807, 2.05) is 18.2 Å². The van der Waals surface area contributed by atoms with Gasteiger partial charge in [-0.2, -0.15) is 0 Å². The Hall–Kier alpha value is -1.13. The molecule has 1 aromatic rings. The van der Waals surface area contributed by atoms with Gasteiger partial charge in [0.15, 0.2) is 6.35 Å². The van der Waals surface area contributed by atoms with Crippen LogP contribution in [0.25, 0.3) is 0 Å². The minimum absolute atomic E-state index is 0.0497. The fourth-order valence-electron chi connectivity index (χ4n) is 1.77. The van der Waals surface area contributed by atoms with Crippen LogP contribution in [0.2, 0.25) is 0 Å². The van der Waals surface area contributed by atoms with Gasteiger partial charge in [0.1, 0.15) is 12.0 Å². The molecule has 2 unspecified atom stereocenters. The molecule has 68 valence electrons. The van der Waals surface area contributed by atoms with Crippen LogP contribution in [0.4, 0.5) is 5.82 Å². The molecule has 1 N–H and O–H groups in total. The second-order valence-electron chi connectivity index (χ2n) is 3.31.